The van der Waals surface area contributed by atoms with Gasteiger partial charge in [-0.3, -0.25) is 10.2 Å². The van der Waals surface area contributed by atoms with Gasteiger partial charge >= 0.3 is 5.97 Å². The van der Waals surface area contributed by atoms with Crippen LogP contribution in [0.25, 0.3) is 6.08 Å². The minimum atomic E-state index is -0.738. The Bertz CT molecular complexity index is 1190. The third-order valence-electron chi connectivity index (χ3n) is 4.16. The number of hydrogen-bond donors (Lipinski definition) is 1. The van der Waals surface area contributed by atoms with E-state index in [1.165, 1.54) is 54.3 Å². The van der Waals surface area contributed by atoms with Gasteiger partial charge in [-0.1, -0.05) is 23.4 Å². The van der Waals surface area contributed by atoms with Crippen LogP contribution >= 0.6 is 35.3 Å². The van der Waals surface area contributed by atoms with Gasteiger partial charge in [0.1, 0.15) is 5.84 Å². The molecule has 4 rings (SSSR count). The number of rotatable bonds is 4. The summed E-state index contributed by atoms with van der Waals surface area (Å²) in [6.07, 6.45) is 4.64. The molecule has 31 heavy (non-hydrogen) atoms. The third kappa shape index (κ3) is 3.99. The quantitative estimate of drug-likeness (QED) is 0.303. The highest BCUT2D eigenvalue weighted by Crippen LogP contribution is 2.38. The van der Waals surface area contributed by atoms with Gasteiger partial charge < -0.3 is 13.9 Å². The van der Waals surface area contributed by atoms with Crippen LogP contribution in [0, 0.1) is 5.41 Å². The maximum Gasteiger partial charge on any atom is 0.379 e. The molecule has 0 unspecified atom stereocenters. The second-order valence-corrected chi connectivity index (χ2v) is 7.92. The van der Waals surface area contributed by atoms with Crippen molar-refractivity contribution in [2.45, 2.75) is 0 Å². The van der Waals surface area contributed by atoms with Crippen molar-refractivity contribution < 1.29 is 23.5 Å². The van der Waals surface area contributed by atoms with Crippen LogP contribution in [0.5, 0.6) is 11.5 Å². The van der Waals surface area contributed by atoms with Crippen molar-refractivity contribution in [1.82, 2.24) is 4.90 Å². The van der Waals surface area contributed by atoms with E-state index in [1.54, 1.807) is 6.07 Å². The van der Waals surface area contributed by atoms with E-state index in [1.807, 2.05) is 6.26 Å². The molecule has 3 heterocycles. The average Bonchev–Trinajstić information content (AvgIpc) is 3.42. The Morgan fingerprint density at radius 3 is 2.90 bits per heavy atom. The zero-order valence-electron chi connectivity index (χ0n) is 16.0. The number of ether oxygens (including phenoxy) is 2. The lowest BCUT2D eigenvalue weighted by Crippen LogP contribution is -2.41. The van der Waals surface area contributed by atoms with Crippen LogP contribution in [0.4, 0.5) is 0 Å². The number of thioether (sulfide) groups is 1. The van der Waals surface area contributed by atoms with Crippen LogP contribution in [0.2, 0.25) is 5.02 Å². The Balaban J connectivity index is 1.67. The molecule has 0 saturated heterocycles. The van der Waals surface area contributed by atoms with Gasteiger partial charge in [0.25, 0.3) is 5.91 Å². The molecule has 0 radical (unpaired) electrons. The Morgan fingerprint density at radius 2 is 2.23 bits per heavy atom. The zero-order chi connectivity index (χ0) is 22.1. The second kappa shape index (κ2) is 8.61. The molecule has 1 aromatic carbocycles. The van der Waals surface area contributed by atoms with Crippen molar-refractivity contribution >= 4 is 69.4 Å². The van der Waals surface area contributed by atoms with Crippen molar-refractivity contribution in [2.24, 2.45) is 9.39 Å². The standard InChI is InChI=1S/C19H13ClN4O5S2/c1-27-13-8-9(7-11(20)14(13)29-17(26)12-4-3-5-28-12)6-10-15(21)24-18(22-16(10)25)31-23-19(24)30-2/h3-8,21H,1-2H3/b10-6-,21-15?. The zero-order valence-corrected chi connectivity index (χ0v) is 18.4. The Hall–Kier alpha value is -3.02. The van der Waals surface area contributed by atoms with E-state index in [0.717, 1.165) is 11.9 Å². The van der Waals surface area contributed by atoms with Gasteiger partial charge in [0.05, 0.1) is 35.9 Å². The summed E-state index contributed by atoms with van der Waals surface area (Å²) in [5.41, 5.74) is 0.521. The molecule has 2 aromatic rings. The Morgan fingerprint density at radius 1 is 1.42 bits per heavy atom. The first-order valence-electron chi connectivity index (χ1n) is 8.59. The fourth-order valence-electron chi connectivity index (χ4n) is 2.76. The SMILES string of the molecule is COc1cc(/C=C2/C(=N)N3C(SC)=NSC3=NC2=O)cc(Cl)c1OC(=O)c1ccco1. The number of furan rings is 1. The lowest BCUT2D eigenvalue weighted by atomic mass is 10.1. The van der Waals surface area contributed by atoms with Crippen LogP contribution in [0.15, 0.2) is 49.9 Å². The summed E-state index contributed by atoms with van der Waals surface area (Å²) in [6, 6.07) is 6.04. The highest BCUT2D eigenvalue weighted by molar-refractivity contribution is 8.18. The molecule has 1 N–H and O–H groups in total. The molecule has 0 atom stereocenters. The number of nitrogens with one attached hydrogen (secondary N) is 1. The Kier molecular flexibility index (Phi) is 5.90. The normalized spacial score (nSPS) is 16.9. The molecular weight excluding hydrogens is 464 g/mol. The number of halogens is 1. The molecule has 0 bridgehead atoms. The summed E-state index contributed by atoms with van der Waals surface area (Å²) in [6.45, 7) is 0. The van der Waals surface area contributed by atoms with Crippen molar-refractivity contribution in [3.8, 4) is 11.5 Å². The van der Waals surface area contributed by atoms with E-state index in [4.69, 9.17) is 30.9 Å². The first-order valence-corrected chi connectivity index (χ1v) is 11.0. The number of hydrogen-bond acceptors (Lipinski definition) is 9. The van der Waals surface area contributed by atoms with E-state index in [-0.39, 0.29) is 33.7 Å². The number of carbonyl (C=O) groups excluding carboxylic acids is 2. The highest BCUT2D eigenvalue weighted by atomic mass is 35.5. The van der Waals surface area contributed by atoms with Gasteiger partial charge in [0, 0.05) is 0 Å². The van der Waals surface area contributed by atoms with Gasteiger partial charge in [0.2, 0.25) is 10.9 Å². The topological polar surface area (TPSA) is 118 Å². The summed E-state index contributed by atoms with van der Waals surface area (Å²) in [4.78, 5) is 30.2. The molecule has 0 spiro atoms. The van der Waals surface area contributed by atoms with E-state index < -0.39 is 11.9 Å². The van der Waals surface area contributed by atoms with Gasteiger partial charge in [0.15, 0.2) is 16.7 Å². The molecule has 0 aliphatic carbocycles. The maximum absolute atomic E-state index is 12.5. The molecule has 12 heteroatoms. The molecule has 0 saturated carbocycles. The molecule has 1 amide bonds. The number of fused-ring (bicyclic) bond motifs is 1. The summed E-state index contributed by atoms with van der Waals surface area (Å²) < 4.78 is 19.8. The van der Waals surface area contributed by atoms with Gasteiger partial charge in [-0.15, -0.1) is 0 Å². The van der Waals surface area contributed by atoms with Gasteiger partial charge in [-0.2, -0.15) is 9.39 Å². The first-order chi connectivity index (χ1) is 14.9. The number of esters is 1. The number of aliphatic imine (C=N–C) groups is 1. The molecule has 9 nitrogen and oxygen atoms in total. The number of amides is 1. The van der Waals surface area contributed by atoms with Gasteiger partial charge in [-0.05, 0) is 42.2 Å². The fourth-order valence-corrected chi connectivity index (χ4v) is 4.47. The third-order valence-corrected chi connectivity index (χ3v) is 5.89. The number of benzene rings is 1. The van der Waals surface area contributed by atoms with Crippen LogP contribution < -0.4 is 9.47 Å². The van der Waals surface area contributed by atoms with Crippen LogP contribution in [0.3, 0.4) is 0 Å². The number of nitrogens with zero attached hydrogens (tertiary/aromatic N) is 3. The van der Waals surface area contributed by atoms with Crippen LogP contribution in [-0.2, 0) is 4.79 Å². The highest BCUT2D eigenvalue weighted by Gasteiger charge is 2.37. The van der Waals surface area contributed by atoms with E-state index in [2.05, 4.69) is 9.39 Å². The van der Waals surface area contributed by atoms with Crippen molar-refractivity contribution in [2.75, 3.05) is 13.4 Å². The van der Waals surface area contributed by atoms with E-state index in [9.17, 15) is 9.59 Å². The average molecular weight is 477 g/mol. The van der Waals surface area contributed by atoms with Crippen LogP contribution in [0.1, 0.15) is 16.1 Å². The lowest BCUT2D eigenvalue weighted by Gasteiger charge is -2.23. The van der Waals surface area contributed by atoms with Gasteiger partial charge in [-0.25, -0.2) is 9.69 Å². The minimum Gasteiger partial charge on any atom is -0.493 e. The lowest BCUT2D eigenvalue weighted by molar-refractivity contribution is -0.114. The molecule has 2 aliphatic heterocycles. The predicted octanol–water partition coefficient (Wildman–Crippen LogP) is 4.10. The second-order valence-electron chi connectivity index (χ2n) is 6.01. The first kappa shape index (κ1) is 21.2. The van der Waals surface area contributed by atoms with Crippen molar-refractivity contribution in [3.05, 3.63) is 52.4 Å². The maximum atomic E-state index is 12.5. The van der Waals surface area contributed by atoms with E-state index >= 15 is 0 Å². The fraction of sp³-hybridized carbons (Fsp3) is 0.105. The largest absolute Gasteiger partial charge is 0.493 e. The minimum absolute atomic E-state index is 0.00539. The van der Waals surface area contributed by atoms with Crippen LogP contribution in [-0.4, -0.2) is 46.3 Å². The molecule has 0 fully saturated rings. The number of amidine groups is 3. The molecular formula is C19H13ClN4O5S2. The summed E-state index contributed by atoms with van der Waals surface area (Å²) >= 11 is 8.72. The van der Waals surface area contributed by atoms with Crippen molar-refractivity contribution in [1.29, 1.82) is 5.41 Å². The predicted molar refractivity (Wildman–Crippen MR) is 120 cm³/mol. The smallest absolute Gasteiger partial charge is 0.379 e. The summed E-state index contributed by atoms with van der Waals surface area (Å²) in [7, 11) is 1.39. The molecule has 158 valence electrons. The number of methoxy groups -OCH3 is 1. The summed E-state index contributed by atoms with van der Waals surface area (Å²) in [5, 5.41) is 9.43. The monoisotopic (exact) mass is 476 g/mol. The summed E-state index contributed by atoms with van der Waals surface area (Å²) in [5.74, 6) is -1.17. The van der Waals surface area contributed by atoms with Crippen molar-refractivity contribution in [3.63, 3.8) is 0 Å². The molecule has 2 aliphatic rings. The molecule has 1 aromatic heterocycles. The van der Waals surface area contributed by atoms with E-state index in [0.29, 0.717) is 15.9 Å². The number of carbonyl (C=O) groups is 2. The Labute approximate surface area is 189 Å².